The second-order valence-electron chi connectivity index (χ2n) is 8.43. The molecule has 0 saturated carbocycles. The van der Waals surface area contributed by atoms with Gasteiger partial charge in [-0.3, -0.25) is 28.7 Å². The van der Waals surface area contributed by atoms with Crippen LogP contribution in [0.15, 0.2) is 31.6 Å². The van der Waals surface area contributed by atoms with E-state index in [0.29, 0.717) is 5.56 Å². The first-order chi connectivity index (χ1) is 16.1. The van der Waals surface area contributed by atoms with E-state index in [1.165, 1.54) is 30.8 Å². The third-order valence-electron chi connectivity index (χ3n) is 6.03. The van der Waals surface area contributed by atoms with E-state index in [-0.39, 0.29) is 18.6 Å². The summed E-state index contributed by atoms with van der Waals surface area (Å²) in [6.45, 7) is 2.22. The highest BCUT2D eigenvalue weighted by atomic mass is 16.6. The SMILES string of the molecule is Cc1cn([C@@H]2O[C@H](CO)C(O)C2OC[C@H]2O[C@@H](n3cc(C)c(=O)[nH]c3=O)CC2O)c(=O)[nH]c1=O. The summed E-state index contributed by atoms with van der Waals surface area (Å²) in [5.74, 6) is 0. The highest BCUT2D eigenvalue weighted by Crippen LogP contribution is 2.33. The number of aliphatic hydroxyl groups is 3. The molecule has 5 N–H and O–H groups in total. The molecular formula is C20H26N4O10. The fraction of sp³-hybridized carbons (Fsp3) is 0.600. The summed E-state index contributed by atoms with van der Waals surface area (Å²) < 4.78 is 19.4. The normalized spacial score (nSPS) is 31.3. The van der Waals surface area contributed by atoms with Gasteiger partial charge in [0.05, 0.1) is 19.3 Å². The van der Waals surface area contributed by atoms with Crippen molar-refractivity contribution in [1.29, 1.82) is 0 Å². The largest absolute Gasteiger partial charge is 0.394 e. The van der Waals surface area contributed by atoms with Crippen LogP contribution in [0.25, 0.3) is 0 Å². The Morgan fingerprint density at radius 1 is 0.971 bits per heavy atom. The predicted molar refractivity (Wildman–Crippen MR) is 113 cm³/mol. The first kappa shape index (κ1) is 24.3. The molecule has 0 aromatic carbocycles. The molecule has 14 heteroatoms. The van der Waals surface area contributed by atoms with Gasteiger partial charge in [0.25, 0.3) is 11.1 Å². The van der Waals surface area contributed by atoms with Crippen molar-refractivity contribution in [2.45, 2.75) is 63.2 Å². The molecule has 2 saturated heterocycles. The molecule has 0 radical (unpaired) electrons. The molecule has 3 unspecified atom stereocenters. The maximum absolute atomic E-state index is 12.3. The van der Waals surface area contributed by atoms with Gasteiger partial charge in [0, 0.05) is 29.9 Å². The van der Waals surface area contributed by atoms with Crippen molar-refractivity contribution >= 4 is 0 Å². The number of rotatable bonds is 6. The first-order valence-electron chi connectivity index (χ1n) is 10.6. The number of aromatic amines is 2. The van der Waals surface area contributed by atoms with E-state index in [9.17, 15) is 34.5 Å². The van der Waals surface area contributed by atoms with E-state index < -0.39 is 72.1 Å². The van der Waals surface area contributed by atoms with Crippen LogP contribution in [0.5, 0.6) is 0 Å². The van der Waals surface area contributed by atoms with Crippen LogP contribution in [0.4, 0.5) is 0 Å². The zero-order chi connectivity index (χ0) is 24.7. The van der Waals surface area contributed by atoms with Gasteiger partial charge < -0.3 is 29.5 Å². The van der Waals surface area contributed by atoms with Crippen molar-refractivity contribution in [2.75, 3.05) is 13.2 Å². The first-order valence-corrected chi connectivity index (χ1v) is 10.6. The quantitative estimate of drug-likeness (QED) is 0.283. The number of nitrogens with one attached hydrogen (secondary N) is 2. The standard InChI is InChI=1S/C20H26N4O10/c1-8-4-23(19(30)21-16(8)28)13-3-10(26)12(33-13)7-32-15-14(27)11(6-25)34-18(15)24-5-9(2)17(29)22-20(24)31/h4-5,10-15,18,25-27H,3,6-7H2,1-2H3,(H,21,28,30)(H,22,29,31)/t10?,11-,12-,13-,14?,15?,18-/m1/s1. The van der Waals surface area contributed by atoms with Crippen LogP contribution >= 0.6 is 0 Å². The third kappa shape index (κ3) is 4.43. The van der Waals surface area contributed by atoms with Crippen LogP contribution in [0, 0.1) is 13.8 Å². The van der Waals surface area contributed by atoms with E-state index in [0.717, 1.165) is 4.57 Å². The molecule has 0 spiro atoms. The zero-order valence-corrected chi connectivity index (χ0v) is 18.4. The molecule has 34 heavy (non-hydrogen) atoms. The van der Waals surface area contributed by atoms with Crippen LogP contribution in [0.3, 0.4) is 0 Å². The number of aromatic nitrogens is 4. The third-order valence-corrected chi connectivity index (χ3v) is 6.03. The van der Waals surface area contributed by atoms with Gasteiger partial charge >= 0.3 is 11.4 Å². The smallest absolute Gasteiger partial charge is 0.330 e. The maximum Gasteiger partial charge on any atom is 0.330 e. The molecular weight excluding hydrogens is 456 g/mol. The van der Waals surface area contributed by atoms with Crippen LogP contribution in [0.1, 0.15) is 30.0 Å². The Hall–Kier alpha value is -2.88. The fourth-order valence-corrected chi connectivity index (χ4v) is 4.09. The Bertz CT molecular complexity index is 1280. The van der Waals surface area contributed by atoms with Gasteiger partial charge in [-0.15, -0.1) is 0 Å². The molecule has 2 aromatic heterocycles. The Kier molecular flexibility index (Phi) is 6.71. The summed E-state index contributed by atoms with van der Waals surface area (Å²) in [4.78, 5) is 52.1. The number of ether oxygens (including phenoxy) is 3. The molecule has 14 nitrogen and oxygen atoms in total. The van der Waals surface area contributed by atoms with Crippen molar-refractivity contribution in [1.82, 2.24) is 19.1 Å². The molecule has 4 heterocycles. The molecule has 2 fully saturated rings. The summed E-state index contributed by atoms with van der Waals surface area (Å²) >= 11 is 0. The lowest BCUT2D eigenvalue weighted by Crippen LogP contribution is -2.41. The van der Waals surface area contributed by atoms with Crippen LogP contribution < -0.4 is 22.5 Å². The van der Waals surface area contributed by atoms with E-state index in [1.807, 2.05) is 0 Å². The van der Waals surface area contributed by atoms with Gasteiger partial charge in [-0.1, -0.05) is 0 Å². The molecule has 7 atom stereocenters. The zero-order valence-electron chi connectivity index (χ0n) is 18.4. The molecule has 2 aliphatic rings. The Morgan fingerprint density at radius 2 is 1.56 bits per heavy atom. The number of hydrogen-bond acceptors (Lipinski definition) is 10. The van der Waals surface area contributed by atoms with E-state index in [4.69, 9.17) is 14.2 Å². The average molecular weight is 482 g/mol. The number of aliphatic hydroxyl groups excluding tert-OH is 3. The lowest BCUT2D eigenvalue weighted by Gasteiger charge is -2.25. The lowest BCUT2D eigenvalue weighted by molar-refractivity contribution is -0.118. The lowest BCUT2D eigenvalue weighted by atomic mass is 10.1. The molecule has 186 valence electrons. The summed E-state index contributed by atoms with van der Waals surface area (Å²) in [5, 5.41) is 30.6. The minimum Gasteiger partial charge on any atom is -0.394 e. The minimum absolute atomic E-state index is 0.0460. The van der Waals surface area contributed by atoms with Gasteiger partial charge in [-0.2, -0.15) is 0 Å². The van der Waals surface area contributed by atoms with E-state index >= 15 is 0 Å². The Morgan fingerprint density at radius 3 is 2.18 bits per heavy atom. The highest BCUT2D eigenvalue weighted by Gasteiger charge is 2.47. The number of nitrogens with zero attached hydrogens (tertiary/aromatic N) is 2. The second-order valence-corrected chi connectivity index (χ2v) is 8.43. The molecule has 0 bridgehead atoms. The van der Waals surface area contributed by atoms with Crippen molar-refractivity contribution in [3.05, 3.63) is 65.2 Å². The summed E-state index contributed by atoms with van der Waals surface area (Å²) in [6.07, 6.45) is -4.85. The Labute approximate surface area is 191 Å². The number of aryl methyl sites for hydroxylation is 2. The molecule has 4 rings (SSSR count). The van der Waals surface area contributed by atoms with Gasteiger partial charge in [-0.05, 0) is 13.8 Å². The monoisotopic (exact) mass is 482 g/mol. The summed E-state index contributed by atoms with van der Waals surface area (Å²) in [7, 11) is 0. The molecule has 0 aliphatic carbocycles. The van der Waals surface area contributed by atoms with Crippen LogP contribution in [-0.2, 0) is 14.2 Å². The van der Waals surface area contributed by atoms with Gasteiger partial charge in [0.15, 0.2) is 6.23 Å². The van der Waals surface area contributed by atoms with Crippen molar-refractivity contribution in [3.8, 4) is 0 Å². The number of H-pyrrole nitrogens is 2. The second kappa shape index (κ2) is 9.40. The average Bonchev–Trinajstić information content (AvgIpc) is 3.30. The van der Waals surface area contributed by atoms with Gasteiger partial charge in [0.2, 0.25) is 0 Å². The van der Waals surface area contributed by atoms with Crippen LogP contribution in [-0.4, -0.2) is 78.2 Å². The van der Waals surface area contributed by atoms with E-state index in [2.05, 4.69) is 9.97 Å². The fourth-order valence-electron chi connectivity index (χ4n) is 4.09. The predicted octanol–water partition coefficient (Wildman–Crippen LogP) is -3.01. The van der Waals surface area contributed by atoms with Crippen LogP contribution in [0.2, 0.25) is 0 Å². The van der Waals surface area contributed by atoms with Crippen molar-refractivity contribution in [3.63, 3.8) is 0 Å². The molecule has 0 amide bonds. The van der Waals surface area contributed by atoms with Crippen molar-refractivity contribution < 1.29 is 29.5 Å². The van der Waals surface area contributed by atoms with Crippen molar-refractivity contribution in [2.24, 2.45) is 0 Å². The number of hydrogen-bond donors (Lipinski definition) is 5. The summed E-state index contributed by atoms with van der Waals surface area (Å²) in [5.41, 5.74) is -2.05. The highest BCUT2D eigenvalue weighted by molar-refractivity contribution is 5.04. The Balaban J connectivity index is 1.52. The maximum atomic E-state index is 12.3. The van der Waals surface area contributed by atoms with E-state index in [1.54, 1.807) is 0 Å². The topological polar surface area (TPSA) is 198 Å². The molecule has 2 aliphatic heterocycles. The molecule has 2 aromatic rings. The summed E-state index contributed by atoms with van der Waals surface area (Å²) in [6, 6.07) is 0. The van der Waals surface area contributed by atoms with Gasteiger partial charge in [0.1, 0.15) is 30.6 Å². The minimum atomic E-state index is -1.33. The van der Waals surface area contributed by atoms with Gasteiger partial charge in [-0.25, -0.2) is 9.59 Å².